The summed E-state index contributed by atoms with van der Waals surface area (Å²) in [6, 6.07) is 8.06. The molecule has 2 aliphatic heterocycles. The molecule has 4 nitrogen and oxygen atoms in total. The molecule has 0 saturated carbocycles. The van der Waals surface area contributed by atoms with E-state index in [-0.39, 0.29) is 5.91 Å². The van der Waals surface area contributed by atoms with E-state index in [0.29, 0.717) is 18.6 Å². The van der Waals surface area contributed by atoms with Crippen LogP contribution in [0.15, 0.2) is 18.2 Å². The largest absolute Gasteiger partial charge is 0.368 e. The Kier molecular flexibility index (Phi) is 4.15. The van der Waals surface area contributed by atoms with Crippen LogP contribution < -0.4 is 15.5 Å². The molecule has 1 aromatic rings. The predicted octanol–water partition coefficient (Wildman–Crippen LogP) is 1.61. The van der Waals surface area contributed by atoms with Crippen molar-refractivity contribution in [3.05, 3.63) is 29.3 Å². The Morgan fingerprint density at radius 1 is 1.33 bits per heavy atom. The van der Waals surface area contributed by atoms with Crippen molar-refractivity contribution in [3.63, 3.8) is 0 Å². The fourth-order valence-electron chi connectivity index (χ4n) is 3.60. The lowest BCUT2D eigenvalue weighted by molar-refractivity contribution is -0.118. The van der Waals surface area contributed by atoms with Crippen molar-refractivity contribution in [1.82, 2.24) is 10.6 Å². The number of piperazine rings is 1. The number of anilines is 1. The van der Waals surface area contributed by atoms with Crippen LogP contribution in [0.3, 0.4) is 0 Å². The lowest BCUT2D eigenvalue weighted by atomic mass is 10.0. The molecule has 2 atom stereocenters. The summed E-state index contributed by atoms with van der Waals surface area (Å²) in [5.74, 6) is 0.0413. The minimum atomic E-state index is 0.0413. The maximum absolute atomic E-state index is 10.9. The molecule has 0 radical (unpaired) electrons. The molecule has 2 unspecified atom stereocenters. The molecule has 0 spiro atoms. The number of nitrogens with one attached hydrogen (secondary N) is 2. The normalized spacial score (nSPS) is 24.2. The summed E-state index contributed by atoms with van der Waals surface area (Å²) in [7, 11) is 0. The number of fused-ring (bicyclic) bond motifs is 2. The third-order valence-electron chi connectivity index (χ3n) is 4.61. The summed E-state index contributed by atoms with van der Waals surface area (Å²) in [4.78, 5) is 13.4. The summed E-state index contributed by atoms with van der Waals surface area (Å²) >= 11 is 0. The molecule has 0 aromatic heterocycles. The van der Waals surface area contributed by atoms with E-state index in [4.69, 9.17) is 0 Å². The molecule has 1 amide bonds. The first-order valence-electron chi connectivity index (χ1n) is 7.97. The third-order valence-corrected chi connectivity index (χ3v) is 4.61. The summed E-state index contributed by atoms with van der Waals surface area (Å²) in [6.45, 7) is 6.73. The Morgan fingerprint density at radius 2 is 2.05 bits per heavy atom. The van der Waals surface area contributed by atoms with Crippen molar-refractivity contribution >= 4 is 11.6 Å². The quantitative estimate of drug-likeness (QED) is 0.884. The monoisotopic (exact) mass is 287 g/mol. The molecule has 4 heteroatoms. The molecule has 2 fully saturated rings. The third kappa shape index (κ3) is 3.38. The Hall–Kier alpha value is -1.55. The number of benzene rings is 1. The smallest absolute Gasteiger partial charge is 0.216 e. The Labute approximate surface area is 126 Å². The molecular weight excluding hydrogens is 262 g/mol. The second-order valence-corrected chi connectivity index (χ2v) is 6.40. The number of carbonyl (C=O) groups is 1. The van der Waals surface area contributed by atoms with E-state index < -0.39 is 0 Å². The van der Waals surface area contributed by atoms with Gasteiger partial charge in [0.1, 0.15) is 0 Å². The minimum absolute atomic E-state index is 0.0413. The van der Waals surface area contributed by atoms with E-state index in [1.54, 1.807) is 6.92 Å². The van der Waals surface area contributed by atoms with Gasteiger partial charge in [-0.15, -0.1) is 0 Å². The number of hydrogen-bond donors (Lipinski definition) is 2. The molecule has 21 heavy (non-hydrogen) atoms. The van der Waals surface area contributed by atoms with Crippen LogP contribution in [0.2, 0.25) is 0 Å². The summed E-state index contributed by atoms with van der Waals surface area (Å²) in [5, 5.41) is 6.53. The maximum Gasteiger partial charge on any atom is 0.216 e. The highest BCUT2D eigenvalue weighted by Crippen LogP contribution is 2.28. The van der Waals surface area contributed by atoms with Crippen molar-refractivity contribution < 1.29 is 4.79 Å². The first-order valence-corrected chi connectivity index (χ1v) is 7.97. The highest BCUT2D eigenvalue weighted by Gasteiger charge is 2.32. The number of nitrogens with zero attached hydrogens (tertiary/aromatic N) is 1. The van der Waals surface area contributed by atoms with Gasteiger partial charge in [0.2, 0.25) is 5.91 Å². The van der Waals surface area contributed by atoms with E-state index in [1.165, 1.54) is 29.7 Å². The van der Waals surface area contributed by atoms with Gasteiger partial charge in [-0.3, -0.25) is 4.79 Å². The van der Waals surface area contributed by atoms with Crippen LogP contribution in [0.25, 0.3) is 0 Å². The van der Waals surface area contributed by atoms with E-state index in [9.17, 15) is 4.79 Å². The van der Waals surface area contributed by atoms with Crippen LogP contribution in [0.1, 0.15) is 30.9 Å². The van der Waals surface area contributed by atoms with Crippen molar-refractivity contribution in [1.29, 1.82) is 0 Å². The number of aryl methyl sites for hydroxylation is 1. The highest BCUT2D eigenvalue weighted by atomic mass is 16.1. The second-order valence-electron chi connectivity index (χ2n) is 6.40. The topological polar surface area (TPSA) is 44.4 Å². The fraction of sp³-hybridized carbons (Fsp3) is 0.588. The Morgan fingerprint density at radius 3 is 2.67 bits per heavy atom. The number of amides is 1. The summed E-state index contributed by atoms with van der Waals surface area (Å²) in [6.07, 6.45) is 3.53. The van der Waals surface area contributed by atoms with Crippen LogP contribution in [-0.4, -0.2) is 37.6 Å². The molecule has 2 saturated heterocycles. The molecule has 0 aliphatic carbocycles. The molecule has 2 aliphatic rings. The van der Waals surface area contributed by atoms with Crippen LogP contribution in [0.4, 0.5) is 5.69 Å². The molecular formula is C17H25N3O. The van der Waals surface area contributed by atoms with E-state index in [0.717, 1.165) is 19.5 Å². The molecule has 2 heterocycles. The Bertz CT molecular complexity index is 517. The van der Waals surface area contributed by atoms with Crippen LogP contribution in [-0.2, 0) is 11.2 Å². The van der Waals surface area contributed by atoms with Crippen LogP contribution in [0.5, 0.6) is 0 Å². The van der Waals surface area contributed by atoms with Gasteiger partial charge in [-0.2, -0.15) is 0 Å². The number of rotatable bonds is 4. The van der Waals surface area contributed by atoms with Crippen molar-refractivity contribution in [2.75, 3.05) is 24.5 Å². The average molecular weight is 287 g/mol. The maximum atomic E-state index is 10.9. The molecule has 114 valence electrons. The van der Waals surface area contributed by atoms with Gasteiger partial charge in [-0.25, -0.2) is 0 Å². The van der Waals surface area contributed by atoms with Crippen molar-refractivity contribution in [2.24, 2.45) is 0 Å². The van der Waals surface area contributed by atoms with Crippen molar-refractivity contribution in [3.8, 4) is 0 Å². The van der Waals surface area contributed by atoms with Gasteiger partial charge in [0, 0.05) is 44.3 Å². The van der Waals surface area contributed by atoms with Crippen LogP contribution >= 0.6 is 0 Å². The number of hydrogen-bond acceptors (Lipinski definition) is 3. The van der Waals surface area contributed by atoms with Gasteiger partial charge in [0.15, 0.2) is 0 Å². The van der Waals surface area contributed by atoms with E-state index in [2.05, 4.69) is 40.7 Å². The molecule has 2 bridgehead atoms. The standard InChI is InChI=1S/C17H25N3O/c1-12-9-14(7-8-18-13(2)21)3-6-17(12)20-10-15-4-5-16(11-20)19-15/h3,6,9,15-16,19H,4-5,7-8,10-11H2,1-2H3,(H,18,21). The van der Waals surface area contributed by atoms with Gasteiger partial charge >= 0.3 is 0 Å². The lowest BCUT2D eigenvalue weighted by Gasteiger charge is -2.35. The predicted molar refractivity (Wildman–Crippen MR) is 85.7 cm³/mol. The lowest BCUT2D eigenvalue weighted by Crippen LogP contribution is -2.51. The number of carbonyl (C=O) groups excluding carboxylic acids is 1. The van der Waals surface area contributed by atoms with Crippen molar-refractivity contribution in [2.45, 2.75) is 45.2 Å². The summed E-state index contributed by atoms with van der Waals surface area (Å²) < 4.78 is 0. The molecule has 2 N–H and O–H groups in total. The minimum Gasteiger partial charge on any atom is -0.368 e. The fourth-order valence-corrected chi connectivity index (χ4v) is 3.60. The molecule has 1 aromatic carbocycles. The van der Waals surface area contributed by atoms with E-state index >= 15 is 0 Å². The second kappa shape index (κ2) is 6.06. The zero-order valence-corrected chi connectivity index (χ0v) is 13.0. The van der Waals surface area contributed by atoms with Crippen LogP contribution in [0, 0.1) is 6.92 Å². The van der Waals surface area contributed by atoms with Gasteiger partial charge in [-0.05, 0) is 43.4 Å². The SMILES string of the molecule is CC(=O)NCCc1ccc(N2CC3CCC(C2)N3)c(C)c1. The molecule has 3 rings (SSSR count). The zero-order chi connectivity index (χ0) is 14.8. The Balaban J connectivity index is 1.65. The highest BCUT2D eigenvalue weighted by molar-refractivity contribution is 5.72. The van der Waals surface area contributed by atoms with Gasteiger partial charge in [-0.1, -0.05) is 12.1 Å². The average Bonchev–Trinajstić information content (AvgIpc) is 2.77. The zero-order valence-electron chi connectivity index (χ0n) is 13.0. The summed E-state index contributed by atoms with van der Waals surface area (Å²) in [5.41, 5.74) is 4.01. The first-order chi connectivity index (χ1) is 10.1. The van der Waals surface area contributed by atoms with E-state index in [1.807, 2.05) is 0 Å². The first kappa shape index (κ1) is 14.4. The van der Waals surface area contributed by atoms with Gasteiger partial charge in [0.05, 0.1) is 0 Å². The van der Waals surface area contributed by atoms with Gasteiger partial charge in [0.25, 0.3) is 0 Å². The van der Waals surface area contributed by atoms with Gasteiger partial charge < -0.3 is 15.5 Å².